The fourth-order valence-electron chi connectivity index (χ4n) is 3.38. The molecule has 1 unspecified atom stereocenters. The van der Waals surface area contributed by atoms with Crippen molar-refractivity contribution in [1.82, 2.24) is 10.3 Å². The Hall–Kier alpha value is -3.99. The van der Waals surface area contributed by atoms with Crippen molar-refractivity contribution in [3.63, 3.8) is 0 Å². The number of non-ortho nitro benzene ring substituents is 1. The van der Waals surface area contributed by atoms with E-state index in [0.717, 1.165) is 16.9 Å². The molecule has 0 saturated carbocycles. The number of ether oxygens (including phenoxy) is 2. The number of carbonyl (C=O) groups is 2. The van der Waals surface area contributed by atoms with Gasteiger partial charge < -0.3 is 14.8 Å². The van der Waals surface area contributed by atoms with Gasteiger partial charge in [-0.15, -0.1) is 11.3 Å². The molecule has 0 aliphatic carbocycles. The van der Waals surface area contributed by atoms with E-state index < -0.39 is 10.8 Å². The van der Waals surface area contributed by atoms with Gasteiger partial charge in [0, 0.05) is 42.0 Å². The highest BCUT2D eigenvalue weighted by Gasteiger charge is 2.23. The zero-order chi connectivity index (χ0) is 23.4. The summed E-state index contributed by atoms with van der Waals surface area (Å²) in [5.74, 6) is 0.572. The zero-order valence-electron chi connectivity index (χ0n) is 17.6. The number of nitrogens with one attached hydrogen (secondary N) is 2. The Morgan fingerprint density at radius 2 is 2.06 bits per heavy atom. The van der Waals surface area contributed by atoms with Crippen LogP contribution in [-0.2, 0) is 9.59 Å². The highest BCUT2D eigenvalue weighted by atomic mass is 32.1. The quantitative estimate of drug-likeness (QED) is 0.399. The second-order valence-electron chi connectivity index (χ2n) is 7.27. The van der Waals surface area contributed by atoms with Gasteiger partial charge in [0.2, 0.25) is 5.91 Å². The molecular formula is C22H20N4O6S. The molecule has 2 amide bonds. The van der Waals surface area contributed by atoms with Crippen LogP contribution in [0.15, 0.2) is 47.8 Å². The smallest absolute Gasteiger partial charge is 0.269 e. The van der Waals surface area contributed by atoms with Gasteiger partial charge in [-0.05, 0) is 30.3 Å². The first-order chi connectivity index (χ1) is 15.9. The van der Waals surface area contributed by atoms with E-state index in [2.05, 4.69) is 15.6 Å². The molecule has 0 spiro atoms. The zero-order valence-corrected chi connectivity index (χ0v) is 18.4. The van der Waals surface area contributed by atoms with E-state index in [9.17, 15) is 19.7 Å². The average Bonchev–Trinajstić information content (AvgIpc) is 3.26. The SMILES string of the molecule is CC(=O)NC1CCOc2ccc(-c3csc(NC(=O)COc4ccc([N+](=O)[O-])cc4)n3)cc21. The number of nitrogens with zero attached hydrogens (tertiary/aromatic N) is 2. The number of amides is 2. The minimum atomic E-state index is -0.508. The van der Waals surface area contributed by atoms with Crippen LogP contribution in [0.5, 0.6) is 11.5 Å². The Morgan fingerprint density at radius 3 is 2.79 bits per heavy atom. The first-order valence-corrected chi connectivity index (χ1v) is 10.9. The maximum Gasteiger partial charge on any atom is 0.269 e. The number of hydrogen-bond acceptors (Lipinski definition) is 8. The number of aromatic nitrogens is 1. The molecule has 2 N–H and O–H groups in total. The van der Waals surface area contributed by atoms with Crippen molar-refractivity contribution in [1.29, 1.82) is 0 Å². The monoisotopic (exact) mass is 468 g/mol. The Morgan fingerprint density at radius 1 is 1.27 bits per heavy atom. The van der Waals surface area contributed by atoms with Crippen LogP contribution < -0.4 is 20.1 Å². The highest BCUT2D eigenvalue weighted by molar-refractivity contribution is 7.14. The van der Waals surface area contributed by atoms with E-state index >= 15 is 0 Å². The van der Waals surface area contributed by atoms with Crippen LogP contribution in [0.25, 0.3) is 11.3 Å². The third-order valence-corrected chi connectivity index (χ3v) is 5.65. The van der Waals surface area contributed by atoms with Crippen molar-refractivity contribution in [3.05, 3.63) is 63.5 Å². The molecule has 0 saturated heterocycles. The second kappa shape index (κ2) is 9.65. The number of rotatable bonds is 7. The van der Waals surface area contributed by atoms with E-state index in [4.69, 9.17) is 9.47 Å². The molecule has 1 aliphatic heterocycles. The van der Waals surface area contributed by atoms with E-state index in [1.807, 2.05) is 23.6 Å². The Kier molecular flexibility index (Phi) is 6.50. The van der Waals surface area contributed by atoms with Gasteiger partial charge in [-0.3, -0.25) is 25.0 Å². The number of carbonyl (C=O) groups excluding carboxylic acids is 2. The summed E-state index contributed by atoms with van der Waals surface area (Å²) < 4.78 is 11.1. The van der Waals surface area contributed by atoms with E-state index in [0.29, 0.717) is 29.6 Å². The van der Waals surface area contributed by atoms with E-state index in [1.54, 1.807) is 0 Å². The topological polar surface area (TPSA) is 133 Å². The molecule has 3 aromatic rings. The van der Waals surface area contributed by atoms with Crippen LogP contribution in [0.1, 0.15) is 24.9 Å². The predicted octanol–water partition coefficient (Wildman–Crippen LogP) is 3.70. The number of nitro benzene ring substituents is 1. The van der Waals surface area contributed by atoms with Crippen LogP contribution >= 0.6 is 11.3 Å². The summed E-state index contributed by atoms with van der Waals surface area (Å²) in [6.07, 6.45) is 0.684. The molecule has 2 heterocycles. The summed E-state index contributed by atoms with van der Waals surface area (Å²) in [5.41, 5.74) is 2.36. The minimum Gasteiger partial charge on any atom is -0.493 e. The van der Waals surface area contributed by atoms with Crippen LogP contribution in [0.2, 0.25) is 0 Å². The lowest BCUT2D eigenvalue weighted by molar-refractivity contribution is -0.384. The van der Waals surface area contributed by atoms with Gasteiger partial charge in [-0.1, -0.05) is 0 Å². The summed E-state index contributed by atoms with van der Waals surface area (Å²) in [5, 5.41) is 18.5. The number of benzene rings is 2. The summed E-state index contributed by atoms with van der Waals surface area (Å²) in [6, 6.07) is 11.0. The average molecular weight is 468 g/mol. The lowest BCUT2D eigenvalue weighted by Gasteiger charge is -2.26. The summed E-state index contributed by atoms with van der Waals surface area (Å²) in [7, 11) is 0. The minimum absolute atomic E-state index is 0.0562. The normalized spacial score (nSPS) is 14.5. The Bertz CT molecular complexity index is 1190. The third kappa shape index (κ3) is 5.44. The van der Waals surface area contributed by atoms with Crippen LogP contribution in [0, 0.1) is 10.1 Å². The Balaban J connectivity index is 1.39. The fourth-order valence-corrected chi connectivity index (χ4v) is 4.12. The third-order valence-electron chi connectivity index (χ3n) is 4.89. The van der Waals surface area contributed by atoms with Gasteiger partial charge in [0.25, 0.3) is 11.6 Å². The summed E-state index contributed by atoms with van der Waals surface area (Å²) in [6.45, 7) is 1.76. The molecule has 4 rings (SSSR count). The van der Waals surface area contributed by atoms with Gasteiger partial charge in [0.15, 0.2) is 11.7 Å². The molecule has 170 valence electrons. The molecule has 10 nitrogen and oxygen atoms in total. The van der Waals surface area contributed by atoms with Gasteiger partial charge in [-0.2, -0.15) is 0 Å². The van der Waals surface area contributed by atoms with Crippen molar-refractivity contribution < 1.29 is 24.0 Å². The lowest BCUT2D eigenvalue weighted by Crippen LogP contribution is -2.30. The number of anilines is 1. The van der Waals surface area contributed by atoms with Crippen LogP contribution in [0.3, 0.4) is 0 Å². The molecule has 33 heavy (non-hydrogen) atoms. The van der Waals surface area contributed by atoms with E-state index in [1.165, 1.54) is 42.5 Å². The number of thiazole rings is 1. The second-order valence-corrected chi connectivity index (χ2v) is 8.13. The van der Waals surface area contributed by atoms with Crippen molar-refractivity contribution in [3.8, 4) is 22.8 Å². The number of fused-ring (bicyclic) bond motifs is 1. The first kappa shape index (κ1) is 22.2. The molecule has 0 fully saturated rings. The van der Waals surface area contributed by atoms with Gasteiger partial charge in [-0.25, -0.2) is 4.98 Å². The van der Waals surface area contributed by atoms with E-state index in [-0.39, 0.29) is 24.2 Å². The van der Waals surface area contributed by atoms with Gasteiger partial charge in [0.05, 0.1) is 23.3 Å². The molecule has 1 aromatic heterocycles. The molecule has 1 atom stereocenters. The largest absolute Gasteiger partial charge is 0.493 e. The molecular weight excluding hydrogens is 448 g/mol. The Labute approximate surface area is 192 Å². The molecule has 11 heteroatoms. The van der Waals surface area contributed by atoms with Crippen LogP contribution in [0.4, 0.5) is 10.8 Å². The van der Waals surface area contributed by atoms with Gasteiger partial charge in [0.1, 0.15) is 11.5 Å². The predicted molar refractivity (Wildman–Crippen MR) is 121 cm³/mol. The fraction of sp³-hybridized carbons (Fsp3) is 0.227. The standard InChI is InChI=1S/C22H20N4O6S/c1-13(27)23-18-8-9-31-20-7-2-14(10-17(18)20)19-12-33-22(24-19)25-21(28)11-32-16-5-3-15(4-6-16)26(29)30/h2-7,10,12,18H,8-9,11H2,1H3,(H,23,27)(H,24,25,28). The lowest BCUT2D eigenvalue weighted by atomic mass is 9.97. The van der Waals surface area contributed by atoms with Crippen molar-refractivity contribution in [2.45, 2.75) is 19.4 Å². The summed E-state index contributed by atoms with van der Waals surface area (Å²) in [4.78, 5) is 38.4. The van der Waals surface area contributed by atoms with Crippen molar-refractivity contribution in [2.24, 2.45) is 0 Å². The van der Waals surface area contributed by atoms with Crippen molar-refractivity contribution in [2.75, 3.05) is 18.5 Å². The van der Waals surface area contributed by atoms with Crippen LogP contribution in [-0.4, -0.2) is 34.9 Å². The first-order valence-electron chi connectivity index (χ1n) is 10.1. The molecule has 2 aromatic carbocycles. The molecule has 1 aliphatic rings. The maximum atomic E-state index is 12.2. The summed E-state index contributed by atoms with van der Waals surface area (Å²) >= 11 is 1.27. The molecule has 0 radical (unpaired) electrons. The maximum absolute atomic E-state index is 12.2. The highest BCUT2D eigenvalue weighted by Crippen LogP contribution is 2.36. The number of hydrogen-bond donors (Lipinski definition) is 2. The van der Waals surface area contributed by atoms with Crippen molar-refractivity contribution >= 4 is 34.0 Å². The molecule has 0 bridgehead atoms. The van der Waals surface area contributed by atoms with Gasteiger partial charge >= 0.3 is 0 Å². The number of nitro groups is 1.